The zero-order valence-corrected chi connectivity index (χ0v) is 11.4. The van der Waals surface area contributed by atoms with Crippen molar-refractivity contribution in [2.45, 2.75) is 13.0 Å². The summed E-state index contributed by atoms with van der Waals surface area (Å²) in [5.74, 6) is 0.113. The first-order valence-electron chi connectivity index (χ1n) is 5.65. The molecule has 0 aliphatic rings. The highest BCUT2D eigenvalue weighted by atomic mass is 32.2. The van der Waals surface area contributed by atoms with Gasteiger partial charge in [0.15, 0.2) is 0 Å². The van der Waals surface area contributed by atoms with Crippen molar-refractivity contribution >= 4 is 10.0 Å². The highest BCUT2D eigenvalue weighted by molar-refractivity contribution is 7.89. The van der Waals surface area contributed by atoms with Crippen LogP contribution in [0, 0.1) is 0 Å². The van der Waals surface area contributed by atoms with Crippen LogP contribution in [0.2, 0.25) is 0 Å². The molecule has 0 bridgehead atoms. The predicted octanol–water partition coefficient (Wildman–Crippen LogP) is 1.23. The fourth-order valence-corrected chi connectivity index (χ4v) is 2.20. The monoisotopic (exact) mass is 256 g/mol. The van der Waals surface area contributed by atoms with Gasteiger partial charge < -0.3 is 4.90 Å². The van der Waals surface area contributed by atoms with Crippen LogP contribution in [0.1, 0.15) is 18.5 Å². The minimum absolute atomic E-state index is 0.0533. The zero-order valence-electron chi connectivity index (χ0n) is 10.6. The quantitative estimate of drug-likeness (QED) is 0.833. The number of nitrogens with one attached hydrogen (secondary N) is 1. The third-order valence-corrected chi connectivity index (χ3v) is 4.05. The van der Waals surface area contributed by atoms with Gasteiger partial charge >= 0.3 is 0 Å². The smallest absolute Gasteiger partial charge is 0.211 e. The third kappa shape index (κ3) is 4.46. The summed E-state index contributed by atoms with van der Waals surface area (Å²) in [5.41, 5.74) is 1.11. The molecule has 5 heteroatoms. The Labute approximate surface area is 104 Å². The average molecular weight is 256 g/mol. The first-order chi connectivity index (χ1) is 7.96. The number of likely N-dealkylation sites (N-methyl/N-ethyl adjacent to an activating group) is 1. The molecule has 0 aliphatic carbocycles. The molecule has 0 heterocycles. The van der Waals surface area contributed by atoms with E-state index in [4.69, 9.17) is 0 Å². The number of nitrogens with zero attached hydrogens (tertiary/aromatic N) is 1. The fourth-order valence-electron chi connectivity index (χ4n) is 1.58. The van der Waals surface area contributed by atoms with Crippen LogP contribution in [0.15, 0.2) is 30.3 Å². The molecule has 0 saturated carbocycles. The maximum absolute atomic E-state index is 11.4. The number of rotatable bonds is 6. The molecule has 0 saturated heterocycles. The lowest BCUT2D eigenvalue weighted by atomic mass is 10.1. The van der Waals surface area contributed by atoms with Crippen molar-refractivity contribution in [2.75, 3.05) is 26.4 Å². The minimum Gasteiger partial charge on any atom is -0.301 e. The first-order valence-corrected chi connectivity index (χ1v) is 7.30. The van der Waals surface area contributed by atoms with E-state index in [1.54, 1.807) is 6.92 Å². The maximum Gasteiger partial charge on any atom is 0.211 e. The lowest BCUT2D eigenvalue weighted by molar-refractivity contribution is 0.299. The van der Waals surface area contributed by atoms with Gasteiger partial charge in [-0.1, -0.05) is 30.3 Å². The van der Waals surface area contributed by atoms with Gasteiger partial charge in [-0.2, -0.15) is 0 Å². The van der Waals surface area contributed by atoms with E-state index in [2.05, 4.69) is 4.72 Å². The Morgan fingerprint density at radius 1 is 1.24 bits per heavy atom. The molecule has 0 aliphatic heterocycles. The number of hydrogen-bond donors (Lipinski definition) is 1. The van der Waals surface area contributed by atoms with Crippen LogP contribution in [0.4, 0.5) is 0 Å². The zero-order chi connectivity index (χ0) is 12.9. The SMILES string of the molecule is CCS(=O)(=O)NCC(c1ccccc1)N(C)C. The first kappa shape index (κ1) is 14.2. The van der Waals surface area contributed by atoms with E-state index >= 15 is 0 Å². The second kappa shape index (κ2) is 6.14. The van der Waals surface area contributed by atoms with Crippen LogP contribution in [0.5, 0.6) is 0 Å². The van der Waals surface area contributed by atoms with Crippen molar-refractivity contribution in [3.8, 4) is 0 Å². The third-order valence-electron chi connectivity index (χ3n) is 2.68. The summed E-state index contributed by atoms with van der Waals surface area (Å²) in [6, 6.07) is 9.93. The Morgan fingerprint density at radius 3 is 2.29 bits per heavy atom. The molecule has 4 nitrogen and oxygen atoms in total. The Morgan fingerprint density at radius 2 is 1.82 bits per heavy atom. The lowest BCUT2D eigenvalue weighted by Crippen LogP contribution is -2.35. The summed E-state index contributed by atoms with van der Waals surface area (Å²) < 4.78 is 25.5. The molecular weight excluding hydrogens is 236 g/mol. The van der Waals surface area contributed by atoms with Gasteiger partial charge in [0.05, 0.1) is 5.75 Å². The molecule has 1 unspecified atom stereocenters. The van der Waals surface area contributed by atoms with Gasteiger partial charge in [0.2, 0.25) is 10.0 Å². The molecule has 0 fully saturated rings. The summed E-state index contributed by atoms with van der Waals surface area (Å²) >= 11 is 0. The largest absolute Gasteiger partial charge is 0.301 e. The standard InChI is InChI=1S/C12H20N2O2S/c1-4-17(15,16)13-10-12(14(2)3)11-8-6-5-7-9-11/h5-9,12-13H,4,10H2,1-3H3. The van der Waals surface area contributed by atoms with E-state index in [0.717, 1.165) is 5.56 Å². The van der Waals surface area contributed by atoms with Gasteiger partial charge in [-0.3, -0.25) is 0 Å². The van der Waals surface area contributed by atoms with Gasteiger partial charge in [-0.25, -0.2) is 13.1 Å². The van der Waals surface area contributed by atoms with Gasteiger partial charge in [0.25, 0.3) is 0 Å². The Kier molecular flexibility index (Phi) is 5.11. The molecular formula is C12H20N2O2S. The molecule has 17 heavy (non-hydrogen) atoms. The Bertz CT molecular complexity index is 429. The number of hydrogen-bond acceptors (Lipinski definition) is 3. The van der Waals surface area contributed by atoms with Crippen molar-refractivity contribution in [2.24, 2.45) is 0 Å². The molecule has 0 spiro atoms. The van der Waals surface area contributed by atoms with Crippen LogP contribution in [0.3, 0.4) is 0 Å². The van der Waals surface area contributed by atoms with Gasteiger partial charge in [0, 0.05) is 12.6 Å². The van der Waals surface area contributed by atoms with Crippen LogP contribution in [0.25, 0.3) is 0 Å². The fraction of sp³-hybridized carbons (Fsp3) is 0.500. The predicted molar refractivity (Wildman–Crippen MR) is 70.3 cm³/mol. The highest BCUT2D eigenvalue weighted by Gasteiger charge is 2.16. The second-order valence-corrected chi connectivity index (χ2v) is 6.24. The second-order valence-electron chi connectivity index (χ2n) is 4.14. The van der Waals surface area contributed by atoms with Crippen LogP contribution in [-0.2, 0) is 10.0 Å². The highest BCUT2D eigenvalue weighted by Crippen LogP contribution is 2.16. The molecule has 1 aromatic carbocycles. The summed E-state index contributed by atoms with van der Waals surface area (Å²) in [6.07, 6.45) is 0. The maximum atomic E-state index is 11.4. The average Bonchev–Trinajstić information content (AvgIpc) is 2.30. The normalized spacial score (nSPS) is 13.9. The molecule has 96 valence electrons. The molecule has 1 rings (SSSR count). The number of benzene rings is 1. The van der Waals surface area contributed by atoms with Crippen LogP contribution < -0.4 is 4.72 Å². The summed E-state index contributed by atoms with van der Waals surface area (Å²) in [4.78, 5) is 2.01. The van der Waals surface area contributed by atoms with Crippen molar-refractivity contribution in [3.05, 3.63) is 35.9 Å². The molecule has 0 radical (unpaired) electrons. The minimum atomic E-state index is -3.13. The van der Waals surface area contributed by atoms with E-state index < -0.39 is 10.0 Å². The van der Waals surface area contributed by atoms with Crippen LogP contribution >= 0.6 is 0 Å². The number of sulfonamides is 1. The Balaban J connectivity index is 2.76. The van der Waals surface area contributed by atoms with E-state index in [1.165, 1.54) is 0 Å². The lowest BCUT2D eigenvalue weighted by Gasteiger charge is -2.24. The van der Waals surface area contributed by atoms with E-state index in [0.29, 0.717) is 6.54 Å². The van der Waals surface area contributed by atoms with Gasteiger partial charge in [0.1, 0.15) is 0 Å². The van der Waals surface area contributed by atoms with Crippen molar-refractivity contribution in [1.82, 2.24) is 9.62 Å². The topological polar surface area (TPSA) is 49.4 Å². The van der Waals surface area contributed by atoms with E-state index in [9.17, 15) is 8.42 Å². The molecule has 0 amide bonds. The van der Waals surface area contributed by atoms with Crippen LogP contribution in [-0.4, -0.2) is 39.7 Å². The summed E-state index contributed by atoms with van der Waals surface area (Å²) in [6.45, 7) is 2.03. The Hall–Kier alpha value is -0.910. The summed E-state index contributed by atoms with van der Waals surface area (Å²) in [7, 11) is 0.752. The van der Waals surface area contributed by atoms with E-state index in [1.807, 2.05) is 49.3 Å². The van der Waals surface area contributed by atoms with Crippen molar-refractivity contribution in [3.63, 3.8) is 0 Å². The van der Waals surface area contributed by atoms with Crippen molar-refractivity contribution < 1.29 is 8.42 Å². The van der Waals surface area contributed by atoms with E-state index in [-0.39, 0.29) is 11.8 Å². The molecule has 1 N–H and O–H groups in total. The van der Waals surface area contributed by atoms with Gasteiger partial charge in [-0.05, 0) is 26.6 Å². The molecule has 1 atom stereocenters. The molecule has 1 aromatic rings. The van der Waals surface area contributed by atoms with Gasteiger partial charge in [-0.15, -0.1) is 0 Å². The summed E-state index contributed by atoms with van der Waals surface area (Å²) in [5, 5.41) is 0. The molecule has 0 aromatic heterocycles. The van der Waals surface area contributed by atoms with Crippen molar-refractivity contribution in [1.29, 1.82) is 0 Å².